The predicted octanol–water partition coefficient (Wildman–Crippen LogP) is 3.29. The van der Waals surface area contributed by atoms with Gasteiger partial charge in [-0.15, -0.1) is 0 Å². The molecule has 3 aromatic rings. The summed E-state index contributed by atoms with van der Waals surface area (Å²) in [6.45, 7) is 1.91. The van der Waals surface area contributed by atoms with Gasteiger partial charge in [-0.1, -0.05) is 12.1 Å². The first-order valence-corrected chi connectivity index (χ1v) is 5.98. The zero-order valence-electron chi connectivity index (χ0n) is 10.5. The number of nitrogen functional groups attached to an aromatic ring is 1. The maximum absolute atomic E-state index is 5.77. The lowest BCUT2D eigenvalue weighted by molar-refractivity contribution is 0.546. The van der Waals surface area contributed by atoms with Crippen molar-refractivity contribution in [3.8, 4) is 22.8 Å². The fourth-order valence-corrected chi connectivity index (χ4v) is 1.88. The Balaban J connectivity index is 2.05. The van der Waals surface area contributed by atoms with Gasteiger partial charge >= 0.3 is 0 Å². The summed E-state index contributed by atoms with van der Waals surface area (Å²) in [6.07, 6.45) is 1.72. The van der Waals surface area contributed by atoms with Crippen LogP contribution in [0.1, 0.15) is 5.76 Å². The summed E-state index contributed by atoms with van der Waals surface area (Å²) in [6, 6.07) is 13.2. The average molecular weight is 251 g/mol. The molecular weight excluding hydrogens is 238 g/mol. The van der Waals surface area contributed by atoms with Crippen LogP contribution in [0.5, 0.6) is 0 Å². The number of nitrogens with two attached hydrogens (primary N) is 1. The van der Waals surface area contributed by atoms with Crippen LogP contribution in [0.15, 0.2) is 53.1 Å². The summed E-state index contributed by atoms with van der Waals surface area (Å²) in [5.74, 6) is 2.24. The van der Waals surface area contributed by atoms with E-state index in [4.69, 9.17) is 10.2 Å². The molecule has 94 valence electrons. The highest BCUT2D eigenvalue weighted by Crippen LogP contribution is 2.23. The lowest BCUT2D eigenvalue weighted by atomic mass is 10.2. The second-order valence-corrected chi connectivity index (χ2v) is 4.30. The maximum atomic E-state index is 5.77. The minimum absolute atomic E-state index is 0.638. The number of nitrogens with zero attached hydrogens (tertiary/aromatic N) is 2. The fourth-order valence-electron chi connectivity index (χ4n) is 1.88. The van der Waals surface area contributed by atoms with Crippen LogP contribution in [-0.4, -0.2) is 9.97 Å². The predicted molar refractivity (Wildman–Crippen MR) is 74.3 cm³/mol. The van der Waals surface area contributed by atoms with E-state index in [1.807, 2.05) is 49.4 Å². The highest BCUT2D eigenvalue weighted by atomic mass is 16.3. The Kier molecular flexibility index (Phi) is 2.76. The van der Waals surface area contributed by atoms with Crippen LogP contribution in [0.25, 0.3) is 22.8 Å². The quantitative estimate of drug-likeness (QED) is 0.710. The molecule has 0 aliphatic rings. The molecule has 4 heteroatoms. The number of benzene rings is 1. The van der Waals surface area contributed by atoms with Gasteiger partial charge in [-0.25, -0.2) is 9.97 Å². The van der Waals surface area contributed by atoms with Crippen LogP contribution < -0.4 is 5.73 Å². The monoisotopic (exact) mass is 251 g/mol. The molecular formula is C15H13N3O. The van der Waals surface area contributed by atoms with Crippen molar-refractivity contribution in [1.29, 1.82) is 0 Å². The van der Waals surface area contributed by atoms with Crippen LogP contribution in [0, 0.1) is 6.92 Å². The van der Waals surface area contributed by atoms with Crippen molar-refractivity contribution in [1.82, 2.24) is 9.97 Å². The van der Waals surface area contributed by atoms with Gasteiger partial charge in [0.25, 0.3) is 0 Å². The largest absolute Gasteiger partial charge is 0.460 e. The van der Waals surface area contributed by atoms with Crippen LogP contribution in [-0.2, 0) is 0 Å². The summed E-state index contributed by atoms with van der Waals surface area (Å²) in [5, 5.41) is 0. The molecule has 0 aliphatic carbocycles. The topological polar surface area (TPSA) is 64.9 Å². The van der Waals surface area contributed by atoms with Gasteiger partial charge in [0.05, 0.1) is 0 Å². The van der Waals surface area contributed by atoms with E-state index in [9.17, 15) is 0 Å². The van der Waals surface area contributed by atoms with Crippen molar-refractivity contribution in [3.63, 3.8) is 0 Å². The minimum Gasteiger partial charge on any atom is -0.460 e. The molecule has 19 heavy (non-hydrogen) atoms. The molecule has 0 atom stereocenters. The van der Waals surface area contributed by atoms with E-state index in [1.54, 1.807) is 6.20 Å². The highest BCUT2D eigenvalue weighted by molar-refractivity contribution is 5.63. The van der Waals surface area contributed by atoms with E-state index in [1.165, 1.54) is 0 Å². The van der Waals surface area contributed by atoms with Crippen molar-refractivity contribution in [2.24, 2.45) is 0 Å². The molecule has 0 saturated carbocycles. The molecule has 2 aromatic heterocycles. The van der Waals surface area contributed by atoms with Crippen LogP contribution in [0.4, 0.5) is 5.69 Å². The Labute approximate surface area is 110 Å². The average Bonchev–Trinajstić information content (AvgIpc) is 2.86. The van der Waals surface area contributed by atoms with Gasteiger partial charge in [-0.2, -0.15) is 0 Å². The standard InChI is InChI=1S/C15H13N3O/c1-10-5-6-14(19-10)13-7-8-17-15(18-13)11-3-2-4-12(16)9-11/h2-9H,16H2,1H3. The van der Waals surface area contributed by atoms with Gasteiger partial charge in [-0.05, 0) is 37.3 Å². The molecule has 0 spiro atoms. The van der Waals surface area contributed by atoms with E-state index in [-0.39, 0.29) is 0 Å². The van der Waals surface area contributed by atoms with Gasteiger partial charge in [0.1, 0.15) is 11.5 Å². The number of anilines is 1. The number of hydrogen-bond donors (Lipinski definition) is 1. The first-order chi connectivity index (χ1) is 9.22. The van der Waals surface area contributed by atoms with Crippen molar-refractivity contribution >= 4 is 5.69 Å². The van der Waals surface area contributed by atoms with Gasteiger partial charge in [0.15, 0.2) is 11.6 Å². The van der Waals surface area contributed by atoms with Crippen LogP contribution in [0.3, 0.4) is 0 Å². The van der Waals surface area contributed by atoms with Gasteiger partial charge in [0, 0.05) is 17.4 Å². The summed E-state index contributed by atoms with van der Waals surface area (Å²) >= 11 is 0. The van der Waals surface area contributed by atoms with Crippen molar-refractivity contribution in [2.45, 2.75) is 6.92 Å². The van der Waals surface area contributed by atoms with Crippen LogP contribution >= 0.6 is 0 Å². The summed E-state index contributed by atoms with van der Waals surface area (Å²) in [7, 11) is 0. The number of aromatic nitrogens is 2. The molecule has 4 nitrogen and oxygen atoms in total. The number of hydrogen-bond acceptors (Lipinski definition) is 4. The molecule has 0 saturated heterocycles. The normalized spacial score (nSPS) is 10.6. The van der Waals surface area contributed by atoms with E-state index in [0.717, 1.165) is 22.8 Å². The van der Waals surface area contributed by atoms with E-state index in [2.05, 4.69) is 9.97 Å². The smallest absolute Gasteiger partial charge is 0.159 e. The van der Waals surface area contributed by atoms with Gasteiger partial charge < -0.3 is 10.2 Å². The second-order valence-electron chi connectivity index (χ2n) is 4.30. The van der Waals surface area contributed by atoms with Crippen molar-refractivity contribution < 1.29 is 4.42 Å². The first kappa shape index (κ1) is 11.5. The Bertz CT molecular complexity index is 719. The molecule has 3 rings (SSSR count). The van der Waals surface area contributed by atoms with E-state index in [0.29, 0.717) is 11.5 Å². The summed E-state index contributed by atoms with van der Waals surface area (Å²) in [4.78, 5) is 8.78. The molecule has 1 aromatic carbocycles. The molecule has 0 bridgehead atoms. The zero-order valence-corrected chi connectivity index (χ0v) is 10.5. The van der Waals surface area contributed by atoms with Crippen molar-refractivity contribution in [2.75, 3.05) is 5.73 Å². The Morgan fingerprint density at radius 3 is 2.74 bits per heavy atom. The summed E-state index contributed by atoms with van der Waals surface area (Å²) < 4.78 is 5.57. The Morgan fingerprint density at radius 1 is 1.11 bits per heavy atom. The Hall–Kier alpha value is -2.62. The molecule has 0 amide bonds. The molecule has 0 unspecified atom stereocenters. The second kappa shape index (κ2) is 4.57. The number of furan rings is 1. The van der Waals surface area contributed by atoms with Crippen molar-refractivity contribution in [3.05, 3.63) is 54.4 Å². The first-order valence-electron chi connectivity index (χ1n) is 5.98. The lowest BCUT2D eigenvalue weighted by Crippen LogP contribution is -1.92. The highest BCUT2D eigenvalue weighted by Gasteiger charge is 2.07. The number of aryl methyl sites for hydroxylation is 1. The minimum atomic E-state index is 0.638. The maximum Gasteiger partial charge on any atom is 0.159 e. The fraction of sp³-hybridized carbons (Fsp3) is 0.0667. The third-order valence-electron chi connectivity index (χ3n) is 2.79. The summed E-state index contributed by atoms with van der Waals surface area (Å²) in [5.41, 5.74) is 8.13. The Morgan fingerprint density at radius 2 is 2.00 bits per heavy atom. The third kappa shape index (κ3) is 2.33. The number of rotatable bonds is 2. The zero-order chi connectivity index (χ0) is 13.2. The molecule has 2 heterocycles. The van der Waals surface area contributed by atoms with Gasteiger partial charge in [0.2, 0.25) is 0 Å². The molecule has 2 N–H and O–H groups in total. The van der Waals surface area contributed by atoms with Gasteiger partial charge in [-0.3, -0.25) is 0 Å². The molecule has 0 radical (unpaired) electrons. The lowest BCUT2D eigenvalue weighted by Gasteiger charge is -2.03. The molecule has 0 aliphatic heterocycles. The van der Waals surface area contributed by atoms with Crippen LogP contribution in [0.2, 0.25) is 0 Å². The van der Waals surface area contributed by atoms with E-state index < -0.39 is 0 Å². The van der Waals surface area contributed by atoms with E-state index >= 15 is 0 Å². The third-order valence-corrected chi connectivity index (χ3v) is 2.79. The molecule has 0 fully saturated rings. The SMILES string of the molecule is Cc1ccc(-c2ccnc(-c3cccc(N)c3)n2)o1.